The summed E-state index contributed by atoms with van der Waals surface area (Å²) in [5.74, 6) is 0.547. The molecule has 1 unspecified atom stereocenters. The molecule has 20 heavy (non-hydrogen) atoms. The number of benzene rings is 1. The van der Waals surface area contributed by atoms with Crippen LogP contribution in [0.4, 0.5) is 5.69 Å². The van der Waals surface area contributed by atoms with Gasteiger partial charge in [0.25, 0.3) is 0 Å². The van der Waals surface area contributed by atoms with Crippen LogP contribution in [0.25, 0.3) is 5.57 Å². The van der Waals surface area contributed by atoms with Crippen LogP contribution in [0.5, 0.6) is 0 Å². The van der Waals surface area contributed by atoms with Crippen LogP contribution in [0.15, 0.2) is 54.6 Å². The van der Waals surface area contributed by atoms with E-state index in [0.29, 0.717) is 5.92 Å². The average molecular weight is 267 g/mol. The Kier molecular flexibility index (Phi) is 6.17. The molecule has 1 nitrogen and oxygen atoms in total. The standard InChI is InChI=1S/C17H21N.C2H4/c1-5-14(4)18-17-11-16(9-7-13(17)3)15-8-6-12(2)10-15;1-2/h6-12H,5H2,1-4H3;1-2H2. The molecule has 0 saturated carbocycles. The maximum Gasteiger partial charge on any atom is 0.0664 e. The third-order valence-electron chi connectivity index (χ3n) is 3.39. The van der Waals surface area contributed by atoms with Gasteiger partial charge in [0.1, 0.15) is 0 Å². The maximum absolute atomic E-state index is 4.69. The molecule has 0 spiro atoms. The summed E-state index contributed by atoms with van der Waals surface area (Å²) in [7, 11) is 0. The number of aliphatic imine (C=N–C) groups is 1. The summed E-state index contributed by atoms with van der Waals surface area (Å²) in [6.45, 7) is 14.6. The smallest absolute Gasteiger partial charge is 0.0664 e. The van der Waals surface area contributed by atoms with Gasteiger partial charge < -0.3 is 0 Å². The van der Waals surface area contributed by atoms with E-state index in [9.17, 15) is 0 Å². The molecule has 0 saturated heterocycles. The Morgan fingerprint density at radius 1 is 1.30 bits per heavy atom. The molecule has 1 aliphatic carbocycles. The van der Waals surface area contributed by atoms with E-state index >= 15 is 0 Å². The van der Waals surface area contributed by atoms with Gasteiger partial charge in [0.15, 0.2) is 0 Å². The summed E-state index contributed by atoms with van der Waals surface area (Å²) < 4.78 is 0. The first-order valence-corrected chi connectivity index (χ1v) is 7.15. The Hall–Kier alpha value is -1.89. The Morgan fingerprint density at radius 3 is 2.55 bits per heavy atom. The molecule has 106 valence electrons. The molecule has 0 aromatic heterocycles. The first-order valence-electron chi connectivity index (χ1n) is 7.15. The second-order valence-electron chi connectivity index (χ2n) is 5.04. The van der Waals surface area contributed by atoms with Gasteiger partial charge in [-0.3, -0.25) is 4.99 Å². The molecular formula is C19H25N. The molecule has 0 bridgehead atoms. The lowest BCUT2D eigenvalue weighted by molar-refractivity contribution is 0.959. The predicted octanol–water partition coefficient (Wildman–Crippen LogP) is 5.89. The molecule has 0 amide bonds. The van der Waals surface area contributed by atoms with E-state index in [1.54, 1.807) is 0 Å². The highest BCUT2D eigenvalue weighted by Crippen LogP contribution is 2.29. The van der Waals surface area contributed by atoms with E-state index in [0.717, 1.165) is 12.1 Å². The number of rotatable bonds is 3. The molecule has 0 radical (unpaired) electrons. The zero-order chi connectivity index (χ0) is 15.1. The lowest BCUT2D eigenvalue weighted by Gasteiger charge is -2.06. The second kappa shape index (κ2) is 7.64. The third kappa shape index (κ3) is 4.06. The normalized spacial score (nSPS) is 17.5. The van der Waals surface area contributed by atoms with E-state index in [4.69, 9.17) is 4.99 Å². The van der Waals surface area contributed by atoms with Crippen LogP contribution < -0.4 is 0 Å². The zero-order valence-electron chi connectivity index (χ0n) is 13.1. The quantitative estimate of drug-likeness (QED) is 0.478. The Bertz CT molecular complexity index is 547. The lowest BCUT2D eigenvalue weighted by atomic mass is 10.0. The van der Waals surface area contributed by atoms with Gasteiger partial charge >= 0.3 is 0 Å². The predicted molar refractivity (Wildman–Crippen MR) is 91.8 cm³/mol. The van der Waals surface area contributed by atoms with Crippen molar-refractivity contribution in [1.82, 2.24) is 0 Å². The van der Waals surface area contributed by atoms with Crippen LogP contribution in [-0.4, -0.2) is 5.71 Å². The van der Waals surface area contributed by atoms with Crippen LogP contribution >= 0.6 is 0 Å². The molecule has 1 aliphatic rings. The Morgan fingerprint density at radius 2 is 2.00 bits per heavy atom. The second-order valence-corrected chi connectivity index (χ2v) is 5.04. The number of nitrogens with zero attached hydrogens (tertiary/aromatic N) is 1. The maximum atomic E-state index is 4.69. The summed E-state index contributed by atoms with van der Waals surface area (Å²) in [5.41, 5.74) is 6.10. The minimum Gasteiger partial charge on any atom is -0.258 e. The van der Waals surface area contributed by atoms with Gasteiger partial charge in [-0.15, -0.1) is 13.2 Å². The molecule has 0 aliphatic heterocycles. The van der Waals surface area contributed by atoms with Crippen molar-refractivity contribution in [1.29, 1.82) is 0 Å². The molecule has 1 atom stereocenters. The first kappa shape index (κ1) is 16.2. The van der Waals surface area contributed by atoms with Crippen molar-refractivity contribution in [2.45, 2.75) is 34.1 Å². The fraction of sp³-hybridized carbons (Fsp3) is 0.316. The van der Waals surface area contributed by atoms with Crippen molar-refractivity contribution in [2.75, 3.05) is 0 Å². The summed E-state index contributed by atoms with van der Waals surface area (Å²) >= 11 is 0. The highest BCUT2D eigenvalue weighted by Gasteiger charge is 2.08. The molecule has 1 heteroatoms. The monoisotopic (exact) mass is 267 g/mol. The molecule has 0 N–H and O–H groups in total. The number of hydrogen-bond donors (Lipinski definition) is 0. The van der Waals surface area contributed by atoms with E-state index < -0.39 is 0 Å². The lowest BCUT2D eigenvalue weighted by Crippen LogP contribution is -1.88. The fourth-order valence-corrected chi connectivity index (χ4v) is 2.04. The Balaban J connectivity index is 0.000000956. The van der Waals surface area contributed by atoms with Crippen molar-refractivity contribution in [3.05, 3.63) is 60.7 Å². The van der Waals surface area contributed by atoms with Gasteiger partial charge in [0, 0.05) is 5.71 Å². The molecule has 0 fully saturated rings. The molecule has 2 rings (SSSR count). The average Bonchev–Trinajstić information content (AvgIpc) is 2.90. The summed E-state index contributed by atoms with van der Waals surface area (Å²) in [4.78, 5) is 4.69. The van der Waals surface area contributed by atoms with Crippen LogP contribution in [0.2, 0.25) is 0 Å². The van der Waals surface area contributed by atoms with Crippen molar-refractivity contribution >= 4 is 17.0 Å². The molecule has 1 aromatic rings. The van der Waals surface area contributed by atoms with Gasteiger partial charge in [-0.2, -0.15) is 0 Å². The minimum atomic E-state index is 0.547. The van der Waals surface area contributed by atoms with E-state index in [1.807, 2.05) is 0 Å². The fourth-order valence-electron chi connectivity index (χ4n) is 2.04. The van der Waals surface area contributed by atoms with E-state index in [1.165, 1.54) is 22.4 Å². The van der Waals surface area contributed by atoms with Crippen LogP contribution in [-0.2, 0) is 0 Å². The zero-order valence-corrected chi connectivity index (χ0v) is 13.1. The van der Waals surface area contributed by atoms with Crippen molar-refractivity contribution in [3.63, 3.8) is 0 Å². The molecule has 1 aromatic carbocycles. The third-order valence-corrected chi connectivity index (χ3v) is 3.39. The van der Waals surface area contributed by atoms with Crippen molar-refractivity contribution in [3.8, 4) is 0 Å². The van der Waals surface area contributed by atoms with Crippen LogP contribution in [0.1, 0.15) is 38.3 Å². The van der Waals surface area contributed by atoms with Gasteiger partial charge in [-0.25, -0.2) is 0 Å². The highest BCUT2D eigenvalue weighted by atomic mass is 14.7. The van der Waals surface area contributed by atoms with E-state index in [-0.39, 0.29) is 0 Å². The topological polar surface area (TPSA) is 12.4 Å². The van der Waals surface area contributed by atoms with Crippen molar-refractivity contribution in [2.24, 2.45) is 10.9 Å². The van der Waals surface area contributed by atoms with Gasteiger partial charge in [-0.05, 0) is 49.0 Å². The number of hydrogen-bond acceptors (Lipinski definition) is 1. The van der Waals surface area contributed by atoms with Gasteiger partial charge in [-0.1, -0.05) is 44.2 Å². The summed E-state index contributed by atoms with van der Waals surface area (Å²) in [6, 6.07) is 6.54. The van der Waals surface area contributed by atoms with Crippen molar-refractivity contribution < 1.29 is 0 Å². The highest BCUT2D eigenvalue weighted by molar-refractivity contribution is 5.85. The van der Waals surface area contributed by atoms with Crippen LogP contribution in [0, 0.1) is 12.8 Å². The number of aryl methyl sites for hydroxylation is 1. The largest absolute Gasteiger partial charge is 0.258 e. The summed E-state index contributed by atoms with van der Waals surface area (Å²) in [5, 5.41) is 0. The van der Waals surface area contributed by atoms with E-state index in [2.05, 4.69) is 77.3 Å². The SMILES string of the molecule is C=C.CCC(C)=Nc1cc(C2=CC(C)C=C2)ccc1C. The Labute approximate surface area is 123 Å². The van der Waals surface area contributed by atoms with Gasteiger partial charge in [0.05, 0.1) is 5.69 Å². The van der Waals surface area contributed by atoms with Gasteiger partial charge in [0.2, 0.25) is 0 Å². The molecule has 0 heterocycles. The summed E-state index contributed by atoms with van der Waals surface area (Å²) in [6.07, 6.45) is 7.74. The first-order chi connectivity index (χ1) is 9.60. The molecular weight excluding hydrogens is 242 g/mol. The van der Waals surface area contributed by atoms with Crippen LogP contribution in [0.3, 0.4) is 0 Å². The minimum absolute atomic E-state index is 0.547. The number of allylic oxidation sites excluding steroid dienone is 4.